The molecular formula is C17H23N3O2. The van der Waals surface area contributed by atoms with Crippen molar-refractivity contribution in [3.8, 4) is 0 Å². The molecule has 2 aromatic rings. The number of carbonyl (C=O) groups is 1. The number of aromatic nitrogens is 1. The van der Waals surface area contributed by atoms with Crippen LogP contribution < -0.4 is 10.6 Å². The standard InChI is InChI=1S/C17H23N3O2/c1-11-15(12(2)22-20-11)10-18-14-8-6-13(7-9-14)16(21)19-17(3,4)5/h6-9,18H,10H2,1-5H3,(H,19,21). The topological polar surface area (TPSA) is 67.2 Å². The van der Waals surface area contributed by atoms with Gasteiger partial charge in [-0.2, -0.15) is 0 Å². The molecule has 5 nitrogen and oxygen atoms in total. The van der Waals surface area contributed by atoms with Gasteiger partial charge in [-0.3, -0.25) is 4.79 Å². The minimum atomic E-state index is -0.239. The molecule has 2 rings (SSSR count). The highest BCUT2D eigenvalue weighted by atomic mass is 16.5. The highest BCUT2D eigenvalue weighted by molar-refractivity contribution is 5.94. The van der Waals surface area contributed by atoms with Crippen LogP contribution in [0.4, 0.5) is 5.69 Å². The van der Waals surface area contributed by atoms with Crippen LogP contribution in [0.25, 0.3) is 0 Å². The zero-order valence-corrected chi connectivity index (χ0v) is 13.8. The van der Waals surface area contributed by atoms with Crippen molar-refractivity contribution in [1.82, 2.24) is 10.5 Å². The number of carbonyl (C=O) groups excluding carboxylic acids is 1. The molecule has 0 spiro atoms. The first-order chi connectivity index (χ1) is 10.3. The van der Waals surface area contributed by atoms with Gasteiger partial charge in [0, 0.05) is 28.9 Å². The number of nitrogens with zero attached hydrogens (tertiary/aromatic N) is 1. The number of nitrogens with one attached hydrogen (secondary N) is 2. The molecule has 0 saturated heterocycles. The smallest absolute Gasteiger partial charge is 0.251 e. The number of rotatable bonds is 4. The summed E-state index contributed by atoms with van der Waals surface area (Å²) in [7, 11) is 0. The third-order valence-corrected chi connectivity index (χ3v) is 3.29. The Labute approximate surface area is 131 Å². The molecule has 0 fully saturated rings. The van der Waals surface area contributed by atoms with Crippen molar-refractivity contribution in [3.63, 3.8) is 0 Å². The van der Waals surface area contributed by atoms with Gasteiger partial charge in [0.15, 0.2) is 0 Å². The lowest BCUT2D eigenvalue weighted by atomic mass is 10.1. The molecule has 0 radical (unpaired) electrons. The number of amides is 1. The molecule has 0 aliphatic carbocycles. The lowest BCUT2D eigenvalue weighted by Gasteiger charge is -2.20. The van der Waals surface area contributed by atoms with Crippen LogP contribution in [0.2, 0.25) is 0 Å². The summed E-state index contributed by atoms with van der Waals surface area (Å²) in [5, 5.41) is 10.2. The van der Waals surface area contributed by atoms with Gasteiger partial charge in [0.05, 0.1) is 5.69 Å². The van der Waals surface area contributed by atoms with E-state index in [0.717, 1.165) is 22.7 Å². The SMILES string of the molecule is Cc1noc(C)c1CNc1ccc(C(=O)NC(C)(C)C)cc1. The van der Waals surface area contributed by atoms with E-state index in [2.05, 4.69) is 15.8 Å². The molecule has 1 heterocycles. The molecular weight excluding hydrogens is 278 g/mol. The van der Waals surface area contributed by atoms with Gasteiger partial charge >= 0.3 is 0 Å². The maximum absolute atomic E-state index is 12.1. The fourth-order valence-corrected chi connectivity index (χ4v) is 2.10. The number of anilines is 1. The molecule has 22 heavy (non-hydrogen) atoms. The van der Waals surface area contributed by atoms with E-state index in [4.69, 9.17) is 4.52 Å². The average molecular weight is 301 g/mol. The van der Waals surface area contributed by atoms with Gasteiger partial charge in [-0.15, -0.1) is 0 Å². The van der Waals surface area contributed by atoms with Gasteiger partial charge in [0.2, 0.25) is 0 Å². The summed E-state index contributed by atoms with van der Waals surface area (Å²) in [5.41, 5.74) is 3.32. The van der Waals surface area contributed by atoms with Gasteiger partial charge in [-0.1, -0.05) is 5.16 Å². The Morgan fingerprint density at radius 3 is 2.32 bits per heavy atom. The summed E-state index contributed by atoms with van der Waals surface area (Å²) in [6, 6.07) is 7.43. The molecule has 1 aromatic heterocycles. The molecule has 5 heteroatoms. The zero-order chi connectivity index (χ0) is 16.3. The van der Waals surface area contributed by atoms with Crippen molar-refractivity contribution in [1.29, 1.82) is 0 Å². The van der Waals surface area contributed by atoms with Crippen molar-refractivity contribution >= 4 is 11.6 Å². The van der Waals surface area contributed by atoms with Crippen LogP contribution in [-0.4, -0.2) is 16.6 Å². The molecule has 0 aliphatic rings. The number of hydrogen-bond donors (Lipinski definition) is 2. The maximum atomic E-state index is 12.1. The Bertz CT molecular complexity index is 632. The molecule has 1 aromatic carbocycles. The molecule has 2 N–H and O–H groups in total. The van der Waals surface area contributed by atoms with Crippen LogP contribution in [0.5, 0.6) is 0 Å². The van der Waals surface area contributed by atoms with E-state index in [9.17, 15) is 4.79 Å². The summed E-state index contributed by atoms with van der Waals surface area (Å²) in [5.74, 6) is 0.760. The summed E-state index contributed by atoms with van der Waals surface area (Å²) in [4.78, 5) is 12.1. The van der Waals surface area contributed by atoms with Crippen LogP contribution in [0.15, 0.2) is 28.8 Å². The van der Waals surface area contributed by atoms with Crippen molar-refractivity contribution in [3.05, 3.63) is 46.8 Å². The van der Waals surface area contributed by atoms with Crippen LogP contribution in [-0.2, 0) is 6.54 Å². The maximum Gasteiger partial charge on any atom is 0.251 e. The van der Waals surface area contributed by atoms with Gasteiger partial charge in [-0.25, -0.2) is 0 Å². The second-order valence-electron chi connectivity index (χ2n) is 6.44. The Morgan fingerprint density at radius 1 is 1.18 bits per heavy atom. The molecule has 0 atom stereocenters. The lowest BCUT2D eigenvalue weighted by Crippen LogP contribution is -2.40. The minimum Gasteiger partial charge on any atom is -0.381 e. The zero-order valence-electron chi connectivity index (χ0n) is 13.8. The third-order valence-electron chi connectivity index (χ3n) is 3.29. The Kier molecular flexibility index (Phi) is 4.54. The van der Waals surface area contributed by atoms with E-state index in [1.807, 2.05) is 58.9 Å². The van der Waals surface area contributed by atoms with E-state index >= 15 is 0 Å². The highest BCUT2D eigenvalue weighted by Gasteiger charge is 2.15. The van der Waals surface area contributed by atoms with Crippen LogP contribution in [0.1, 0.15) is 48.1 Å². The van der Waals surface area contributed by atoms with Crippen LogP contribution >= 0.6 is 0 Å². The van der Waals surface area contributed by atoms with Crippen molar-refractivity contribution in [2.75, 3.05) is 5.32 Å². The Balaban J connectivity index is 1.99. The predicted octanol–water partition coefficient (Wildman–Crippen LogP) is 3.43. The third kappa shape index (κ3) is 4.10. The van der Waals surface area contributed by atoms with Crippen molar-refractivity contribution in [2.24, 2.45) is 0 Å². The fraction of sp³-hybridized carbons (Fsp3) is 0.412. The van der Waals surface area contributed by atoms with Gasteiger partial charge in [-0.05, 0) is 58.9 Å². The first-order valence-electron chi connectivity index (χ1n) is 7.34. The minimum absolute atomic E-state index is 0.0650. The molecule has 1 amide bonds. The second-order valence-corrected chi connectivity index (χ2v) is 6.44. The van der Waals surface area contributed by atoms with Gasteiger partial charge in [0.25, 0.3) is 5.91 Å². The number of benzene rings is 1. The molecule has 0 aliphatic heterocycles. The fourth-order valence-electron chi connectivity index (χ4n) is 2.10. The summed E-state index contributed by atoms with van der Waals surface area (Å²) in [6.45, 7) is 10.4. The van der Waals surface area contributed by atoms with E-state index in [0.29, 0.717) is 12.1 Å². The summed E-state index contributed by atoms with van der Waals surface area (Å²) < 4.78 is 5.14. The predicted molar refractivity (Wildman–Crippen MR) is 87.0 cm³/mol. The van der Waals surface area contributed by atoms with E-state index < -0.39 is 0 Å². The Hall–Kier alpha value is -2.30. The molecule has 0 bridgehead atoms. The monoisotopic (exact) mass is 301 g/mol. The van der Waals surface area contributed by atoms with Gasteiger partial charge in [0.1, 0.15) is 5.76 Å². The average Bonchev–Trinajstić information content (AvgIpc) is 2.74. The summed E-state index contributed by atoms with van der Waals surface area (Å²) >= 11 is 0. The molecule has 118 valence electrons. The number of hydrogen-bond acceptors (Lipinski definition) is 4. The summed E-state index contributed by atoms with van der Waals surface area (Å²) in [6.07, 6.45) is 0. The quantitative estimate of drug-likeness (QED) is 0.908. The largest absolute Gasteiger partial charge is 0.381 e. The van der Waals surface area contributed by atoms with Crippen molar-refractivity contribution in [2.45, 2.75) is 46.7 Å². The van der Waals surface area contributed by atoms with Crippen molar-refractivity contribution < 1.29 is 9.32 Å². The van der Waals surface area contributed by atoms with E-state index in [1.165, 1.54) is 0 Å². The second kappa shape index (κ2) is 6.22. The number of aryl methyl sites for hydroxylation is 2. The highest BCUT2D eigenvalue weighted by Crippen LogP contribution is 2.16. The molecule has 0 unspecified atom stereocenters. The Morgan fingerprint density at radius 2 is 1.82 bits per heavy atom. The van der Waals surface area contributed by atoms with E-state index in [1.54, 1.807) is 0 Å². The van der Waals surface area contributed by atoms with Gasteiger partial charge < -0.3 is 15.2 Å². The normalized spacial score (nSPS) is 11.3. The van der Waals surface area contributed by atoms with Crippen LogP contribution in [0, 0.1) is 13.8 Å². The van der Waals surface area contributed by atoms with E-state index in [-0.39, 0.29) is 11.4 Å². The first-order valence-corrected chi connectivity index (χ1v) is 7.34. The van der Waals surface area contributed by atoms with Crippen LogP contribution in [0.3, 0.4) is 0 Å². The lowest BCUT2D eigenvalue weighted by molar-refractivity contribution is 0.0919. The first kappa shape index (κ1) is 16.1. The molecule has 0 saturated carbocycles.